The average molecular weight is 308 g/mol. The molecule has 116 valence electrons. The highest BCUT2D eigenvalue weighted by atomic mass is 32.2. The van der Waals surface area contributed by atoms with Gasteiger partial charge in [0.2, 0.25) is 10.0 Å². The van der Waals surface area contributed by atoms with Gasteiger partial charge in [0.25, 0.3) is 0 Å². The molecule has 0 saturated carbocycles. The van der Waals surface area contributed by atoms with E-state index in [1.54, 1.807) is 28.6 Å². The zero-order chi connectivity index (χ0) is 15.7. The Morgan fingerprint density at radius 1 is 1.14 bits per heavy atom. The highest BCUT2D eigenvalue weighted by molar-refractivity contribution is 7.89. The van der Waals surface area contributed by atoms with Crippen LogP contribution in [0.2, 0.25) is 0 Å². The van der Waals surface area contributed by atoms with Gasteiger partial charge in [-0.25, -0.2) is 8.42 Å². The summed E-state index contributed by atoms with van der Waals surface area (Å²) < 4.78 is 26.8. The minimum absolute atomic E-state index is 0.115. The maximum absolute atomic E-state index is 12.6. The number of rotatable bonds is 3. The van der Waals surface area contributed by atoms with Crippen molar-refractivity contribution in [3.63, 3.8) is 0 Å². The van der Waals surface area contributed by atoms with Crippen molar-refractivity contribution in [2.24, 2.45) is 5.41 Å². The third-order valence-electron chi connectivity index (χ3n) is 3.92. The van der Waals surface area contributed by atoms with E-state index in [9.17, 15) is 8.42 Å². The lowest BCUT2D eigenvalue weighted by Crippen LogP contribution is -2.36. The van der Waals surface area contributed by atoms with Gasteiger partial charge in [0.1, 0.15) is 0 Å². The molecule has 1 aromatic rings. The summed E-state index contributed by atoms with van der Waals surface area (Å²) in [5, 5.41) is 2.99. The highest BCUT2D eigenvalue weighted by Crippen LogP contribution is 2.31. The van der Waals surface area contributed by atoms with Gasteiger partial charge in [0, 0.05) is 25.8 Å². The predicted octanol–water partition coefficient (Wildman–Crippen LogP) is 3.10. The molecule has 0 bridgehead atoms. The molecule has 0 spiro atoms. The van der Waals surface area contributed by atoms with Crippen LogP contribution >= 0.6 is 0 Å². The van der Waals surface area contributed by atoms with Gasteiger partial charge in [-0.2, -0.15) is 4.31 Å². The van der Waals surface area contributed by atoms with Gasteiger partial charge in [-0.3, -0.25) is 0 Å². The van der Waals surface area contributed by atoms with Crippen molar-refractivity contribution >= 4 is 15.7 Å². The molecular formula is C16H24N2O2S. The van der Waals surface area contributed by atoms with Gasteiger partial charge in [-0.05, 0) is 36.1 Å². The lowest BCUT2D eigenvalue weighted by molar-refractivity contribution is 0.389. The Bertz CT molecular complexity index is 625. The third-order valence-corrected chi connectivity index (χ3v) is 5.80. The summed E-state index contributed by atoms with van der Waals surface area (Å²) in [5.41, 5.74) is 2.35. The smallest absolute Gasteiger partial charge is 0.243 e. The summed E-state index contributed by atoms with van der Waals surface area (Å²) in [4.78, 5) is 0.356. The number of benzene rings is 1. The van der Waals surface area contributed by atoms with E-state index in [1.807, 2.05) is 7.05 Å². The fourth-order valence-electron chi connectivity index (χ4n) is 2.49. The Hall–Kier alpha value is -1.33. The first kappa shape index (κ1) is 16.0. The van der Waals surface area contributed by atoms with E-state index >= 15 is 0 Å². The second kappa shape index (κ2) is 5.81. The van der Waals surface area contributed by atoms with Crippen LogP contribution in [-0.2, 0) is 10.0 Å². The van der Waals surface area contributed by atoms with Crippen LogP contribution in [0.4, 0.5) is 5.69 Å². The lowest BCUT2D eigenvalue weighted by Gasteiger charge is -2.31. The predicted molar refractivity (Wildman–Crippen MR) is 86.9 cm³/mol. The van der Waals surface area contributed by atoms with E-state index in [0.29, 0.717) is 18.0 Å². The van der Waals surface area contributed by atoms with Gasteiger partial charge < -0.3 is 5.32 Å². The van der Waals surface area contributed by atoms with Crippen LogP contribution < -0.4 is 5.32 Å². The van der Waals surface area contributed by atoms with Crippen LogP contribution in [0.5, 0.6) is 0 Å². The number of nitrogens with one attached hydrogen (secondary N) is 1. The molecule has 1 aliphatic rings. The molecule has 0 aliphatic carbocycles. The molecule has 0 atom stereocenters. The van der Waals surface area contributed by atoms with Crippen LogP contribution in [0.25, 0.3) is 0 Å². The van der Waals surface area contributed by atoms with E-state index in [0.717, 1.165) is 12.1 Å². The topological polar surface area (TPSA) is 49.4 Å². The molecule has 2 rings (SSSR count). The molecule has 0 fully saturated rings. The fraction of sp³-hybridized carbons (Fsp3) is 0.500. The Morgan fingerprint density at radius 3 is 2.19 bits per heavy atom. The molecule has 4 nitrogen and oxygen atoms in total. The van der Waals surface area contributed by atoms with Crippen molar-refractivity contribution in [2.75, 3.05) is 25.5 Å². The molecule has 1 N–H and O–H groups in total. The molecule has 1 aliphatic heterocycles. The quantitative estimate of drug-likeness (QED) is 0.873. The van der Waals surface area contributed by atoms with Crippen molar-refractivity contribution in [1.29, 1.82) is 0 Å². The second-order valence-electron chi connectivity index (χ2n) is 6.37. The molecule has 0 saturated heterocycles. The fourth-order valence-corrected chi connectivity index (χ4v) is 3.87. The number of hydrogen-bond acceptors (Lipinski definition) is 3. The minimum atomic E-state index is -3.39. The molecule has 1 heterocycles. The summed E-state index contributed by atoms with van der Waals surface area (Å²) in [7, 11) is -1.58. The first-order chi connectivity index (χ1) is 9.75. The molecule has 5 heteroatoms. The molecule has 0 aromatic heterocycles. The van der Waals surface area contributed by atoms with E-state index in [1.165, 1.54) is 5.57 Å². The van der Waals surface area contributed by atoms with E-state index in [2.05, 4.69) is 32.2 Å². The Labute approximate surface area is 127 Å². The molecule has 1 aromatic carbocycles. The van der Waals surface area contributed by atoms with Crippen LogP contribution in [0, 0.1) is 5.41 Å². The molecule has 0 amide bonds. The van der Waals surface area contributed by atoms with Crippen molar-refractivity contribution in [3.05, 3.63) is 35.9 Å². The number of hydrogen-bond donors (Lipinski definition) is 1. The molecular weight excluding hydrogens is 284 g/mol. The zero-order valence-corrected chi connectivity index (χ0v) is 14.0. The van der Waals surface area contributed by atoms with Crippen molar-refractivity contribution in [1.82, 2.24) is 4.31 Å². The number of sulfonamides is 1. The third kappa shape index (κ3) is 3.47. The van der Waals surface area contributed by atoms with Crippen LogP contribution in [0.1, 0.15) is 27.2 Å². The lowest BCUT2D eigenvalue weighted by atomic mass is 9.83. The maximum atomic E-state index is 12.6. The average Bonchev–Trinajstić information content (AvgIpc) is 2.46. The van der Waals surface area contributed by atoms with Crippen LogP contribution in [0.3, 0.4) is 0 Å². The monoisotopic (exact) mass is 308 g/mol. The maximum Gasteiger partial charge on any atom is 0.243 e. The second-order valence-corrected chi connectivity index (χ2v) is 8.30. The van der Waals surface area contributed by atoms with Crippen molar-refractivity contribution in [2.45, 2.75) is 32.1 Å². The van der Waals surface area contributed by atoms with E-state index < -0.39 is 10.0 Å². The summed E-state index contributed by atoms with van der Waals surface area (Å²) in [5.74, 6) is 0. The minimum Gasteiger partial charge on any atom is -0.388 e. The summed E-state index contributed by atoms with van der Waals surface area (Å²) in [6.45, 7) is 7.51. The number of nitrogens with zero attached hydrogens (tertiary/aromatic N) is 1. The SMILES string of the molecule is CNc1ccc(S(=O)(=O)N2CC=C(C(C)(C)C)CC2)cc1. The Balaban J connectivity index is 2.20. The first-order valence-electron chi connectivity index (χ1n) is 7.22. The normalized spacial score (nSPS) is 17.4. The molecule has 0 radical (unpaired) electrons. The molecule has 0 unspecified atom stereocenters. The van der Waals surface area contributed by atoms with Gasteiger partial charge in [0.15, 0.2) is 0 Å². The highest BCUT2D eigenvalue weighted by Gasteiger charge is 2.28. The van der Waals surface area contributed by atoms with Gasteiger partial charge in [-0.1, -0.05) is 32.4 Å². The van der Waals surface area contributed by atoms with Gasteiger partial charge in [-0.15, -0.1) is 0 Å². The Kier molecular flexibility index (Phi) is 4.44. The van der Waals surface area contributed by atoms with E-state index in [4.69, 9.17) is 0 Å². The van der Waals surface area contributed by atoms with Gasteiger partial charge >= 0.3 is 0 Å². The largest absolute Gasteiger partial charge is 0.388 e. The summed E-state index contributed by atoms with van der Waals surface area (Å²) in [6.07, 6.45) is 2.86. The first-order valence-corrected chi connectivity index (χ1v) is 8.66. The van der Waals surface area contributed by atoms with Crippen molar-refractivity contribution in [3.8, 4) is 0 Å². The summed E-state index contributed by atoms with van der Waals surface area (Å²) in [6, 6.07) is 6.88. The standard InChI is InChI=1S/C16H24N2O2S/c1-16(2,3)13-9-11-18(12-10-13)21(19,20)15-7-5-14(17-4)6-8-15/h5-9,17H,10-12H2,1-4H3. The van der Waals surface area contributed by atoms with E-state index in [-0.39, 0.29) is 5.41 Å². The van der Waals surface area contributed by atoms with Gasteiger partial charge in [0.05, 0.1) is 4.90 Å². The van der Waals surface area contributed by atoms with Crippen LogP contribution in [0.15, 0.2) is 40.8 Å². The molecule has 21 heavy (non-hydrogen) atoms. The van der Waals surface area contributed by atoms with Crippen molar-refractivity contribution < 1.29 is 8.42 Å². The number of anilines is 1. The Morgan fingerprint density at radius 2 is 1.76 bits per heavy atom. The van der Waals surface area contributed by atoms with Crippen LogP contribution in [-0.4, -0.2) is 32.9 Å². The zero-order valence-electron chi connectivity index (χ0n) is 13.2. The summed E-state index contributed by atoms with van der Waals surface area (Å²) >= 11 is 0.